The van der Waals surface area contributed by atoms with E-state index in [2.05, 4.69) is 10.6 Å². The van der Waals surface area contributed by atoms with Gasteiger partial charge in [0.1, 0.15) is 18.1 Å². The summed E-state index contributed by atoms with van der Waals surface area (Å²) in [5.41, 5.74) is 17.1. The first-order chi connectivity index (χ1) is 16.3. The fourth-order valence-electron chi connectivity index (χ4n) is 3.93. The number of hydrogen-bond donors (Lipinski definition) is 6. The molecule has 1 aliphatic heterocycles. The van der Waals surface area contributed by atoms with Gasteiger partial charge in [-0.25, -0.2) is 4.79 Å². The summed E-state index contributed by atoms with van der Waals surface area (Å²) in [5, 5.41) is 15.0. The molecule has 1 saturated heterocycles. The summed E-state index contributed by atoms with van der Waals surface area (Å²) in [7, 11) is 0. The third kappa shape index (κ3) is 10.2. The van der Waals surface area contributed by atoms with E-state index in [1.807, 2.05) is 6.26 Å². The first kappa shape index (κ1) is 30.1. The van der Waals surface area contributed by atoms with Crippen molar-refractivity contribution in [1.82, 2.24) is 15.5 Å². The van der Waals surface area contributed by atoms with E-state index in [0.29, 0.717) is 77.4 Å². The van der Waals surface area contributed by atoms with Gasteiger partial charge >= 0.3 is 5.97 Å². The van der Waals surface area contributed by atoms with Gasteiger partial charge in [0.2, 0.25) is 17.7 Å². The van der Waals surface area contributed by atoms with Gasteiger partial charge in [-0.1, -0.05) is 0 Å². The van der Waals surface area contributed by atoms with Crippen LogP contribution < -0.4 is 27.8 Å². The Labute approximate surface area is 206 Å². The molecule has 12 heteroatoms. The number of nitrogens with one attached hydrogen (secondary N) is 2. The smallest absolute Gasteiger partial charge is 0.326 e. The molecule has 0 aliphatic carbocycles. The molecule has 1 fully saturated rings. The molecular weight excluding hydrogens is 460 g/mol. The Morgan fingerprint density at radius 3 is 2.12 bits per heavy atom. The zero-order chi connectivity index (χ0) is 25.5. The molecule has 0 bridgehead atoms. The summed E-state index contributed by atoms with van der Waals surface area (Å²) < 4.78 is 0. The second-order valence-corrected chi connectivity index (χ2v) is 9.59. The van der Waals surface area contributed by atoms with Crippen LogP contribution in [0.25, 0.3) is 0 Å². The van der Waals surface area contributed by atoms with Gasteiger partial charge in [0.15, 0.2) is 0 Å². The average Bonchev–Trinajstić information content (AvgIpc) is 3.31. The Morgan fingerprint density at radius 1 is 0.971 bits per heavy atom. The van der Waals surface area contributed by atoms with Gasteiger partial charge in [0.25, 0.3) is 0 Å². The summed E-state index contributed by atoms with van der Waals surface area (Å²) >= 11 is 1.58. The zero-order valence-electron chi connectivity index (χ0n) is 20.2. The van der Waals surface area contributed by atoms with Gasteiger partial charge < -0.3 is 37.8 Å². The van der Waals surface area contributed by atoms with Crippen molar-refractivity contribution >= 4 is 35.5 Å². The number of aliphatic carboxylic acids is 1. The first-order valence-electron chi connectivity index (χ1n) is 12.0. The number of hydrogen-bond acceptors (Lipinski definition) is 8. The lowest BCUT2D eigenvalue weighted by Gasteiger charge is -2.29. The highest BCUT2D eigenvalue weighted by atomic mass is 32.2. The Hall–Kier alpha value is -1.89. The van der Waals surface area contributed by atoms with E-state index in [-0.39, 0.29) is 0 Å². The predicted octanol–water partition coefficient (Wildman–Crippen LogP) is -0.630. The van der Waals surface area contributed by atoms with Crippen LogP contribution in [0.2, 0.25) is 0 Å². The second kappa shape index (κ2) is 16.7. The van der Waals surface area contributed by atoms with E-state index in [9.17, 15) is 24.3 Å². The first-order valence-corrected chi connectivity index (χ1v) is 13.4. The minimum Gasteiger partial charge on any atom is -0.480 e. The lowest BCUT2D eigenvalue weighted by atomic mass is 10.0. The van der Waals surface area contributed by atoms with Crippen LogP contribution in [0.3, 0.4) is 0 Å². The molecule has 1 aliphatic rings. The molecular formula is C22H42N6O5S. The lowest BCUT2D eigenvalue weighted by molar-refractivity contribution is -0.149. The number of nitrogens with two attached hydrogens (primary N) is 3. The highest BCUT2D eigenvalue weighted by molar-refractivity contribution is 7.98. The summed E-state index contributed by atoms with van der Waals surface area (Å²) in [6.45, 7) is 1.24. The third-order valence-corrected chi connectivity index (χ3v) is 6.58. The zero-order valence-corrected chi connectivity index (χ0v) is 21.0. The second-order valence-electron chi connectivity index (χ2n) is 8.61. The molecule has 4 unspecified atom stereocenters. The maximum atomic E-state index is 13.2. The molecule has 9 N–H and O–H groups in total. The van der Waals surface area contributed by atoms with Crippen LogP contribution in [0.1, 0.15) is 57.8 Å². The fraction of sp³-hybridized carbons (Fsp3) is 0.818. The third-order valence-electron chi connectivity index (χ3n) is 5.93. The normalized spacial score (nSPS) is 18.2. The number of thioether (sulfide) groups is 1. The number of carbonyl (C=O) groups is 4. The number of unbranched alkanes of at least 4 members (excludes halogenated alkanes) is 2. The van der Waals surface area contributed by atoms with Crippen LogP contribution in [0.4, 0.5) is 0 Å². The molecule has 0 aromatic rings. The molecule has 1 heterocycles. The number of carboxylic acid groups (broad SMARTS) is 1. The van der Waals surface area contributed by atoms with Gasteiger partial charge in [-0.15, -0.1) is 0 Å². The van der Waals surface area contributed by atoms with Crippen molar-refractivity contribution in [2.24, 2.45) is 17.2 Å². The van der Waals surface area contributed by atoms with E-state index < -0.39 is 47.9 Å². The summed E-state index contributed by atoms with van der Waals surface area (Å²) in [4.78, 5) is 51.8. The Morgan fingerprint density at radius 2 is 1.56 bits per heavy atom. The van der Waals surface area contributed by atoms with E-state index in [1.54, 1.807) is 11.8 Å². The number of nitrogens with zero attached hydrogens (tertiary/aromatic N) is 1. The van der Waals surface area contributed by atoms with Gasteiger partial charge in [0, 0.05) is 6.54 Å². The number of carboxylic acids is 1. The van der Waals surface area contributed by atoms with Crippen molar-refractivity contribution in [3.8, 4) is 0 Å². The molecule has 4 atom stereocenters. The van der Waals surface area contributed by atoms with Crippen molar-refractivity contribution in [2.45, 2.75) is 82.0 Å². The topological polar surface area (TPSA) is 194 Å². The van der Waals surface area contributed by atoms with Gasteiger partial charge in [-0.3, -0.25) is 14.4 Å². The van der Waals surface area contributed by atoms with Crippen LogP contribution in [0.5, 0.6) is 0 Å². The molecule has 0 radical (unpaired) electrons. The molecule has 0 spiro atoms. The summed E-state index contributed by atoms with van der Waals surface area (Å²) in [6.07, 6.45) is 6.65. The van der Waals surface area contributed by atoms with E-state index >= 15 is 0 Å². The molecule has 3 amide bonds. The van der Waals surface area contributed by atoms with E-state index in [0.717, 1.165) is 5.75 Å². The fourth-order valence-corrected chi connectivity index (χ4v) is 4.42. The Bertz CT molecular complexity index is 668. The van der Waals surface area contributed by atoms with Crippen LogP contribution in [0.15, 0.2) is 0 Å². The van der Waals surface area contributed by atoms with E-state index in [1.165, 1.54) is 4.90 Å². The highest BCUT2D eigenvalue weighted by Gasteiger charge is 2.38. The number of carbonyl (C=O) groups excluding carboxylic acids is 3. The van der Waals surface area contributed by atoms with Crippen molar-refractivity contribution < 1.29 is 24.3 Å². The van der Waals surface area contributed by atoms with Crippen molar-refractivity contribution in [3.05, 3.63) is 0 Å². The standard InChI is InChI=1S/C22H42N6O5S/c1-34-14-10-15(25)19(29)26-16(7-2-4-11-23)20(30)27-17(8-3-5-12-24)21(31)28-13-6-9-18(28)22(32)33/h15-18H,2-14,23-25H2,1H3,(H,26,29)(H,27,30)(H,32,33). The Kier molecular flexibility index (Phi) is 14.8. The summed E-state index contributed by atoms with van der Waals surface area (Å²) in [6, 6.07) is -3.38. The molecule has 0 saturated carbocycles. The van der Waals surface area contributed by atoms with E-state index in [4.69, 9.17) is 17.2 Å². The van der Waals surface area contributed by atoms with Crippen molar-refractivity contribution in [1.29, 1.82) is 0 Å². The average molecular weight is 503 g/mol. The number of amides is 3. The molecule has 0 aromatic carbocycles. The molecule has 0 aromatic heterocycles. The Balaban J connectivity index is 2.95. The largest absolute Gasteiger partial charge is 0.480 e. The van der Waals surface area contributed by atoms with Gasteiger partial charge in [-0.2, -0.15) is 11.8 Å². The number of rotatable bonds is 17. The monoisotopic (exact) mass is 502 g/mol. The van der Waals surface area contributed by atoms with Gasteiger partial charge in [-0.05, 0) is 82.9 Å². The minimum atomic E-state index is -1.05. The molecule has 34 heavy (non-hydrogen) atoms. The lowest BCUT2D eigenvalue weighted by Crippen LogP contribution is -2.57. The molecule has 11 nitrogen and oxygen atoms in total. The van der Waals surface area contributed by atoms with Crippen LogP contribution >= 0.6 is 11.8 Å². The summed E-state index contributed by atoms with van der Waals surface area (Å²) in [5.74, 6) is -1.65. The predicted molar refractivity (Wildman–Crippen MR) is 133 cm³/mol. The number of likely N-dealkylation sites (tertiary alicyclic amines) is 1. The minimum absolute atomic E-state index is 0.333. The molecule has 196 valence electrons. The van der Waals surface area contributed by atoms with Crippen LogP contribution in [-0.4, -0.2) is 89.5 Å². The van der Waals surface area contributed by atoms with Crippen molar-refractivity contribution in [2.75, 3.05) is 31.6 Å². The SMILES string of the molecule is CSCCC(N)C(=O)NC(CCCCN)C(=O)NC(CCCCN)C(=O)N1CCCC1C(=O)O. The quantitative estimate of drug-likeness (QED) is 0.140. The van der Waals surface area contributed by atoms with Crippen molar-refractivity contribution in [3.63, 3.8) is 0 Å². The van der Waals surface area contributed by atoms with Crippen LogP contribution in [0, 0.1) is 0 Å². The highest BCUT2D eigenvalue weighted by Crippen LogP contribution is 2.20. The van der Waals surface area contributed by atoms with Crippen LogP contribution in [-0.2, 0) is 19.2 Å². The maximum absolute atomic E-state index is 13.2. The van der Waals surface area contributed by atoms with Gasteiger partial charge in [0.05, 0.1) is 6.04 Å². The maximum Gasteiger partial charge on any atom is 0.326 e. The molecule has 1 rings (SSSR count).